The van der Waals surface area contributed by atoms with Gasteiger partial charge in [-0.1, -0.05) is 13.2 Å². The predicted octanol–water partition coefficient (Wildman–Crippen LogP) is 3.70. The van der Waals surface area contributed by atoms with E-state index >= 15 is 0 Å². The fourth-order valence-electron chi connectivity index (χ4n) is 4.04. The van der Waals surface area contributed by atoms with Crippen LogP contribution < -0.4 is 5.32 Å². The Morgan fingerprint density at radius 3 is 2.57 bits per heavy atom. The minimum absolute atomic E-state index is 0.0151. The topological polar surface area (TPSA) is 63.7 Å². The molecule has 1 aromatic heterocycles. The third-order valence-electron chi connectivity index (χ3n) is 5.72. The number of hydrogen-bond donors (Lipinski definition) is 1. The van der Waals surface area contributed by atoms with Crippen molar-refractivity contribution >= 4 is 11.5 Å². The van der Waals surface area contributed by atoms with Crippen molar-refractivity contribution in [1.82, 2.24) is 15.2 Å². The number of carbonyl (C=O) groups excluding carboxylic acids is 1. The highest BCUT2D eigenvalue weighted by atomic mass is 16.5. The number of aromatic nitrogens is 1. The van der Waals surface area contributed by atoms with Crippen molar-refractivity contribution < 1.29 is 14.3 Å². The molecule has 1 spiro atoms. The van der Waals surface area contributed by atoms with Crippen molar-refractivity contribution in [3.8, 4) is 0 Å². The molecule has 0 radical (unpaired) electrons. The molecule has 1 fully saturated rings. The Morgan fingerprint density at radius 1 is 1.33 bits per heavy atom. The van der Waals surface area contributed by atoms with Crippen LogP contribution in [0.2, 0.25) is 0 Å². The molecular weight excluding hydrogens is 378 g/mol. The van der Waals surface area contributed by atoms with E-state index < -0.39 is 5.60 Å². The first-order valence-corrected chi connectivity index (χ1v) is 10.5. The molecule has 3 heterocycles. The maximum absolute atomic E-state index is 12.6. The summed E-state index contributed by atoms with van der Waals surface area (Å²) in [5.41, 5.74) is 2.55. The summed E-state index contributed by atoms with van der Waals surface area (Å²) in [7, 11) is 1.60. The molecule has 0 aliphatic carbocycles. The smallest absolute Gasteiger partial charge is 0.255 e. The largest absolute Gasteiger partial charge is 0.496 e. The van der Waals surface area contributed by atoms with Gasteiger partial charge in [-0.3, -0.25) is 9.78 Å². The van der Waals surface area contributed by atoms with Crippen molar-refractivity contribution in [2.45, 2.75) is 32.3 Å². The fraction of sp³-hybridized carbons (Fsp3) is 0.417. The molecular formula is C24H31N3O3. The van der Waals surface area contributed by atoms with Gasteiger partial charge < -0.3 is 19.7 Å². The van der Waals surface area contributed by atoms with Gasteiger partial charge in [-0.05, 0) is 51.2 Å². The maximum Gasteiger partial charge on any atom is 0.255 e. The lowest BCUT2D eigenvalue weighted by molar-refractivity contribution is 0.0200. The van der Waals surface area contributed by atoms with E-state index in [-0.39, 0.29) is 5.91 Å². The average molecular weight is 410 g/mol. The number of amides is 1. The lowest BCUT2D eigenvalue weighted by atomic mass is 9.83. The van der Waals surface area contributed by atoms with E-state index in [2.05, 4.69) is 29.5 Å². The van der Waals surface area contributed by atoms with Crippen LogP contribution in [0.15, 0.2) is 60.7 Å². The molecule has 1 N–H and O–H groups in total. The number of hydrogen-bond acceptors (Lipinski definition) is 5. The van der Waals surface area contributed by atoms with Crippen molar-refractivity contribution in [3.63, 3.8) is 0 Å². The molecule has 1 saturated heterocycles. The summed E-state index contributed by atoms with van der Waals surface area (Å²) < 4.78 is 11.8. The third kappa shape index (κ3) is 4.19. The van der Waals surface area contributed by atoms with Gasteiger partial charge >= 0.3 is 0 Å². The van der Waals surface area contributed by atoms with Crippen LogP contribution in [-0.2, 0) is 9.47 Å². The van der Waals surface area contributed by atoms with E-state index in [1.54, 1.807) is 24.3 Å². The number of rotatable bonds is 6. The number of nitrogens with one attached hydrogen (secondary N) is 1. The number of ether oxygens (including phenoxy) is 2. The molecule has 2 aliphatic rings. The van der Waals surface area contributed by atoms with Crippen molar-refractivity contribution in [2.75, 3.05) is 33.3 Å². The number of carbonyl (C=O) groups is 1. The molecule has 0 saturated carbocycles. The minimum atomic E-state index is -0.418. The van der Waals surface area contributed by atoms with E-state index in [0.717, 1.165) is 42.8 Å². The van der Waals surface area contributed by atoms with Crippen LogP contribution in [0, 0.1) is 0 Å². The Kier molecular flexibility index (Phi) is 6.77. The first-order valence-electron chi connectivity index (χ1n) is 10.5. The second-order valence-electron chi connectivity index (χ2n) is 7.46. The molecule has 0 atom stereocenters. The average Bonchev–Trinajstić information content (AvgIpc) is 2.77. The molecule has 1 aromatic rings. The fourth-order valence-corrected chi connectivity index (χ4v) is 4.04. The second-order valence-corrected chi connectivity index (χ2v) is 7.46. The van der Waals surface area contributed by atoms with E-state index in [9.17, 15) is 4.79 Å². The summed E-state index contributed by atoms with van der Waals surface area (Å²) >= 11 is 0. The highest BCUT2D eigenvalue weighted by Crippen LogP contribution is 2.43. The van der Waals surface area contributed by atoms with Crippen LogP contribution in [-0.4, -0.2) is 54.7 Å². The van der Waals surface area contributed by atoms with Gasteiger partial charge in [0.1, 0.15) is 17.1 Å². The predicted molar refractivity (Wildman–Crippen MR) is 119 cm³/mol. The molecule has 2 aliphatic heterocycles. The van der Waals surface area contributed by atoms with Crippen LogP contribution in [0.3, 0.4) is 0 Å². The zero-order valence-corrected chi connectivity index (χ0v) is 18.2. The normalized spacial score (nSPS) is 19.6. The van der Waals surface area contributed by atoms with E-state index in [4.69, 9.17) is 9.47 Å². The summed E-state index contributed by atoms with van der Waals surface area (Å²) in [6, 6.07) is 3.71. The molecule has 0 bridgehead atoms. The van der Waals surface area contributed by atoms with E-state index in [0.29, 0.717) is 30.2 Å². The van der Waals surface area contributed by atoms with Crippen LogP contribution >= 0.6 is 0 Å². The summed E-state index contributed by atoms with van der Waals surface area (Å²) in [6.07, 6.45) is 7.11. The van der Waals surface area contributed by atoms with Crippen LogP contribution in [0.4, 0.5) is 0 Å². The van der Waals surface area contributed by atoms with Gasteiger partial charge in [0.2, 0.25) is 0 Å². The Labute approximate surface area is 179 Å². The second kappa shape index (κ2) is 9.30. The maximum atomic E-state index is 12.6. The van der Waals surface area contributed by atoms with Crippen LogP contribution in [0.5, 0.6) is 0 Å². The highest BCUT2D eigenvalue weighted by Gasteiger charge is 2.39. The number of nitrogens with zero attached hydrogens (tertiary/aromatic N) is 2. The van der Waals surface area contributed by atoms with Crippen LogP contribution in [0.1, 0.15) is 42.7 Å². The number of allylic oxidation sites excluding steroid dienone is 2. The molecule has 0 unspecified atom stereocenters. The zero-order valence-electron chi connectivity index (χ0n) is 18.2. The Bertz CT molecular complexity index is 873. The van der Waals surface area contributed by atoms with Gasteiger partial charge in [0.15, 0.2) is 0 Å². The molecule has 1 amide bonds. The van der Waals surface area contributed by atoms with Gasteiger partial charge in [-0.15, -0.1) is 0 Å². The third-order valence-corrected chi connectivity index (χ3v) is 5.72. The van der Waals surface area contributed by atoms with Crippen molar-refractivity contribution in [1.29, 1.82) is 0 Å². The molecule has 3 rings (SSSR count). The first-order chi connectivity index (χ1) is 14.5. The standard InChI is InChI=1S/C24H31N3O3/c1-6-21(29-5)22-17(4)30-24(11-13-25-14-12-24)15-19(22)20-10-9-18(16-26-20)23(28)27(7-2)8-3/h6,9-10,15-16,25H,1,4,7-8,11-14H2,2-3,5H3/b22-21-. The molecule has 6 heteroatoms. The zero-order chi connectivity index (χ0) is 21.7. The molecule has 6 nitrogen and oxygen atoms in total. The molecule has 160 valence electrons. The summed E-state index contributed by atoms with van der Waals surface area (Å²) in [5.74, 6) is 1.12. The van der Waals surface area contributed by atoms with Gasteiger partial charge in [0.05, 0.1) is 23.9 Å². The minimum Gasteiger partial charge on any atom is -0.496 e. The van der Waals surface area contributed by atoms with Gasteiger partial charge in [-0.2, -0.15) is 0 Å². The first kappa shape index (κ1) is 21.8. The molecule has 0 aromatic carbocycles. The van der Waals surface area contributed by atoms with Gasteiger partial charge in [0.25, 0.3) is 5.91 Å². The highest BCUT2D eigenvalue weighted by molar-refractivity contribution is 5.94. The lowest BCUT2D eigenvalue weighted by Crippen LogP contribution is -2.44. The number of piperidine rings is 1. The summed E-state index contributed by atoms with van der Waals surface area (Å²) in [4.78, 5) is 19.1. The Balaban J connectivity index is 2.06. The SMILES string of the molecule is C=C/C(OC)=C1\C(=C)OC2(C=C1c1ccc(C(=O)N(CC)CC)cn1)CCNCC2. The molecule has 30 heavy (non-hydrogen) atoms. The monoisotopic (exact) mass is 409 g/mol. The summed E-state index contributed by atoms with van der Waals surface area (Å²) in [5, 5.41) is 3.37. The van der Waals surface area contributed by atoms with Gasteiger partial charge in [0, 0.05) is 37.7 Å². The number of pyridine rings is 1. The Hall–Kier alpha value is -2.86. The van der Waals surface area contributed by atoms with E-state index in [1.807, 2.05) is 26.0 Å². The van der Waals surface area contributed by atoms with Crippen molar-refractivity contribution in [3.05, 3.63) is 72.0 Å². The van der Waals surface area contributed by atoms with Crippen molar-refractivity contribution in [2.24, 2.45) is 0 Å². The van der Waals surface area contributed by atoms with E-state index in [1.165, 1.54) is 0 Å². The van der Waals surface area contributed by atoms with Gasteiger partial charge in [-0.25, -0.2) is 0 Å². The van der Waals surface area contributed by atoms with Crippen LogP contribution in [0.25, 0.3) is 5.57 Å². The Morgan fingerprint density at radius 2 is 2.03 bits per heavy atom. The number of methoxy groups -OCH3 is 1. The lowest BCUT2D eigenvalue weighted by Gasteiger charge is -2.41. The quantitative estimate of drug-likeness (QED) is 0.726. The summed E-state index contributed by atoms with van der Waals surface area (Å²) in [6.45, 7) is 15.1.